The number of nitrogens with one attached hydrogen (secondary N) is 1. The third kappa shape index (κ3) is 5.04. The molecule has 2 aliphatic heterocycles. The van der Waals surface area contributed by atoms with E-state index in [1.165, 1.54) is 19.2 Å². The Hall–Kier alpha value is -1.80. The van der Waals surface area contributed by atoms with Gasteiger partial charge in [-0.3, -0.25) is 4.79 Å². The van der Waals surface area contributed by atoms with E-state index >= 15 is 0 Å². The third-order valence-corrected chi connectivity index (χ3v) is 6.00. The maximum atomic E-state index is 13.4. The number of rotatable bonds is 6. The number of hydrogen-bond donors (Lipinski definition) is 1. The highest BCUT2D eigenvalue weighted by atomic mass is 19.4. The van der Waals surface area contributed by atoms with E-state index in [0.717, 1.165) is 12.1 Å². The van der Waals surface area contributed by atoms with Crippen molar-refractivity contribution in [2.45, 2.75) is 31.9 Å². The van der Waals surface area contributed by atoms with E-state index in [2.05, 4.69) is 5.32 Å². The molecule has 2 saturated heterocycles. The molecule has 2 heterocycles. The lowest BCUT2D eigenvalue weighted by Gasteiger charge is -2.35. The van der Waals surface area contributed by atoms with Crippen LogP contribution in [-0.4, -0.2) is 52.5 Å². The fraction of sp³-hybridized carbons (Fsp3) is 0.667. The SMILES string of the molecule is CCOC[C@H]1CNC[C@@H]1c1ccc(C(F)(F)F)cc1N1CCC(C(=O)OC)CC1. The number of halogens is 3. The molecule has 162 valence electrons. The maximum absolute atomic E-state index is 13.4. The second-order valence-electron chi connectivity index (χ2n) is 7.74. The summed E-state index contributed by atoms with van der Waals surface area (Å²) in [7, 11) is 1.37. The van der Waals surface area contributed by atoms with Gasteiger partial charge in [0.1, 0.15) is 0 Å². The summed E-state index contributed by atoms with van der Waals surface area (Å²) in [6.45, 7) is 5.70. The zero-order chi connectivity index (χ0) is 21.0. The van der Waals surface area contributed by atoms with Crippen molar-refractivity contribution in [1.82, 2.24) is 5.32 Å². The summed E-state index contributed by atoms with van der Waals surface area (Å²) in [5, 5.41) is 3.35. The van der Waals surface area contributed by atoms with Crippen LogP contribution in [0.25, 0.3) is 0 Å². The zero-order valence-electron chi connectivity index (χ0n) is 16.9. The quantitative estimate of drug-likeness (QED) is 0.723. The van der Waals surface area contributed by atoms with Gasteiger partial charge in [0, 0.05) is 50.3 Å². The molecule has 0 aliphatic carbocycles. The Bertz CT molecular complexity index is 703. The summed E-state index contributed by atoms with van der Waals surface area (Å²) in [6, 6.07) is 4.07. The Morgan fingerprint density at radius 3 is 2.59 bits per heavy atom. The molecular weight excluding hydrogens is 385 g/mol. The summed E-state index contributed by atoms with van der Waals surface area (Å²) >= 11 is 0. The minimum atomic E-state index is -4.39. The molecule has 0 spiro atoms. The van der Waals surface area contributed by atoms with Crippen molar-refractivity contribution in [3.63, 3.8) is 0 Å². The highest BCUT2D eigenvalue weighted by Gasteiger charge is 2.36. The summed E-state index contributed by atoms with van der Waals surface area (Å²) in [5.74, 6) is -0.120. The number of esters is 1. The van der Waals surface area contributed by atoms with Gasteiger partial charge >= 0.3 is 12.1 Å². The lowest BCUT2D eigenvalue weighted by molar-refractivity contribution is -0.146. The van der Waals surface area contributed by atoms with Crippen molar-refractivity contribution in [3.05, 3.63) is 29.3 Å². The van der Waals surface area contributed by atoms with Gasteiger partial charge in [-0.15, -0.1) is 0 Å². The molecule has 29 heavy (non-hydrogen) atoms. The van der Waals surface area contributed by atoms with Crippen molar-refractivity contribution in [1.29, 1.82) is 0 Å². The van der Waals surface area contributed by atoms with E-state index < -0.39 is 11.7 Å². The maximum Gasteiger partial charge on any atom is 0.416 e. The molecule has 0 amide bonds. The topological polar surface area (TPSA) is 50.8 Å². The summed E-state index contributed by atoms with van der Waals surface area (Å²) in [4.78, 5) is 13.8. The molecule has 3 rings (SSSR count). The van der Waals surface area contributed by atoms with Gasteiger partial charge in [0.2, 0.25) is 0 Å². The fourth-order valence-electron chi connectivity index (χ4n) is 4.37. The first-order chi connectivity index (χ1) is 13.8. The van der Waals surface area contributed by atoms with Gasteiger partial charge in [-0.2, -0.15) is 13.2 Å². The monoisotopic (exact) mass is 414 g/mol. The highest BCUT2D eigenvalue weighted by Crippen LogP contribution is 2.40. The minimum absolute atomic E-state index is 0.0946. The lowest BCUT2D eigenvalue weighted by atomic mass is 9.86. The van der Waals surface area contributed by atoms with Gasteiger partial charge in [-0.25, -0.2) is 0 Å². The highest BCUT2D eigenvalue weighted by molar-refractivity contribution is 5.73. The first-order valence-electron chi connectivity index (χ1n) is 10.2. The standard InChI is InChI=1S/C21H29F3N2O3/c1-3-29-13-15-11-25-12-18(15)17-5-4-16(21(22,23)24)10-19(17)26-8-6-14(7-9-26)20(27)28-2/h4-5,10,14-15,18,25H,3,6-9,11-13H2,1-2H3/t15-,18+/m1/s1. The summed E-state index contributed by atoms with van der Waals surface area (Å²) < 4.78 is 50.6. The Balaban J connectivity index is 1.88. The smallest absolute Gasteiger partial charge is 0.416 e. The van der Waals surface area contributed by atoms with Crippen LogP contribution in [0.5, 0.6) is 0 Å². The molecular formula is C21H29F3N2O3. The van der Waals surface area contributed by atoms with Crippen LogP contribution in [0.15, 0.2) is 18.2 Å². The molecule has 0 radical (unpaired) electrons. The first-order valence-corrected chi connectivity index (χ1v) is 10.2. The second-order valence-corrected chi connectivity index (χ2v) is 7.74. The minimum Gasteiger partial charge on any atom is -0.469 e. The van der Waals surface area contributed by atoms with Crippen LogP contribution in [0.3, 0.4) is 0 Å². The number of anilines is 1. The van der Waals surface area contributed by atoms with E-state index in [0.29, 0.717) is 51.4 Å². The third-order valence-electron chi connectivity index (χ3n) is 6.00. The Morgan fingerprint density at radius 2 is 1.97 bits per heavy atom. The van der Waals surface area contributed by atoms with Gasteiger partial charge in [-0.05, 0) is 37.5 Å². The zero-order valence-corrected chi connectivity index (χ0v) is 16.9. The number of carbonyl (C=O) groups excluding carboxylic acids is 1. The largest absolute Gasteiger partial charge is 0.469 e. The molecule has 2 aliphatic rings. The van der Waals surface area contributed by atoms with Crippen LogP contribution in [0.2, 0.25) is 0 Å². The molecule has 2 fully saturated rings. The fourth-order valence-corrected chi connectivity index (χ4v) is 4.37. The van der Waals surface area contributed by atoms with Gasteiger partial charge in [0.05, 0.1) is 25.2 Å². The number of carbonyl (C=O) groups is 1. The molecule has 0 aromatic heterocycles. The van der Waals surface area contributed by atoms with Crippen LogP contribution in [0.1, 0.15) is 36.8 Å². The van der Waals surface area contributed by atoms with E-state index in [9.17, 15) is 18.0 Å². The molecule has 0 saturated carbocycles. The van der Waals surface area contributed by atoms with Crippen molar-refractivity contribution in [2.24, 2.45) is 11.8 Å². The van der Waals surface area contributed by atoms with Crippen LogP contribution in [-0.2, 0) is 20.4 Å². The molecule has 2 atom stereocenters. The number of methoxy groups -OCH3 is 1. The Morgan fingerprint density at radius 1 is 1.24 bits per heavy atom. The number of hydrogen-bond acceptors (Lipinski definition) is 5. The predicted molar refractivity (Wildman–Crippen MR) is 104 cm³/mol. The number of benzene rings is 1. The summed E-state index contributed by atoms with van der Waals surface area (Å²) in [6.07, 6.45) is -3.24. The van der Waals surface area contributed by atoms with Crippen molar-refractivity contribution < 1.29 is 27.4 Å². The first kappa shape index (κ1) is 21.9. The van der Waals surface area contributed by atoms with E-state index in [1.54, 1.807) is 6.07 Å². The molecule has 8 heteroatoms. The number of nitrogens with zero attached hydrogens (tertiary/aromatic N) is 1. The average molecular weight is 414 g/mol. The molecule has 1 aromatic carbocycles. The second kappa shape index (κ2) is 9.34. The number of alkyl halides is 3. The molecule has 0 bridgehead atoms. The van der Waals surface area contributed by atoms with Gasteiger partial charge in [0.15, 0.2) is 0 Å². The van der Waals surface area contributed by atoms with Gasteiger partial charge in [-0.1, -0.05) is 6.07 Å². The van der Waals surface area contributed by atoms with Crippen LogP contribution in [0, 0.1) is 11.8 Å². The van der Waals surface area contributed by atoms with Crippen LogP contribution >= 0.6 is 0 Å². The van der Waals surface area contributed by atoms with E-state index in [1.807, 2.05) is 11.8 Å². The van der Waals surface area contributed by atoms with Gasteiger partial charge in [0.25, 0.3) is 0 Å². The van der Waals surface area contributed by atoms with Crippen LogP contribution in [0.4, 0.5) is 18.9 Å². The molecule has 1 N–H and O–H groups in total. The Labute approximate surface area is 169 Å². The molecule has 0 unspecified atom stereocenters. The molecule has 1 aromatic rings. The predicted octanol–water partition coefficient (Wildman–Crippen LogP) is 3.43. The number of ether oxygens (including phenoxy) is 2. The number of piperidine rings is 1. The van der Waals surface area contributed by atoms with E-state index in [-0.39, 0.29) is 23.7 Å². The van der Waals surface area contributed by atoms with Crippen LogP contribution < -0.4 is 10.2 Å². The summed E-state index contributed by atoms with van der Waals surface area (Å²) in [5.41, 5.74) is 0.904. The van der Waals surface area contributed by atoms with Crippen molar-refractivity contribution >= 4 is 11.7 Å². The molecule has 5 nitrogen and oxygen atoms in total. The normalized spacial score (nSPS) is 23.4. The van der Waals surface area contributed by atoms with E-state index in [4.69, 9.17) is 9.47 Å². The van der Waals surface area contributed by atoms with Crippen molar-refractivity contribution in [3.8, 4) is 0 Å². The van der Waals surface area contributed by atoms with Gasteiger partial charge < -0.3 is 19.7 Å². The average Bonchev–Trinajstić information content (AvgIpc) is 3.19. The van der Waals surface area contributed by atoms with Crippen molar-refractivity contribution in [2.75, 3.05) is 51.4 Å². The Kier molecular flexibility index (Phi) is 7.05. The lowest BCUT2D eigenvalue weighted by Crippen LogP contribution is -2.37.